The molecule has 3 rings (SSSR count). The highest BCUT2D eigenvalue weighted by atomic mass is 79.9. The highest BCUT2D eigenvalue weighted by Gasteiger charge is 2.26. The number of nitrogens with zero attached hydrogens (tertiary/aromatic N) is 2. The number of halogens is 1. The number of hydrogen-bond donors (Lipinski definition) is 0. The van der Waals surface area contributed by atoms with Crippen molar-refractivity contribution in [3.8, 4) is 0 Å². The van der Waals surface area contributed by atoms with Crippen molar-refractivity contribution in [1.29, 1.82) is 0 Å². The van der Waals surface area contributed by atoms with E-state index in [2.05, 4.69) is 46.0 Å². The highest BCUT2D eigenvalue weighted by Crippen LogP contribution is 2.24. The molecule has 112 valence electrons. The number of ether oxygens (including phenoxy) is 2. The van der Waals surface area contributed by atoms with Crippen LogP contribution in [0.15, 0.2) is 34.8 Å². The molecule has 0 bridgehead atoms. The number of aromatic nitrogens is 1. The summed E-state index contributed by atoms with van der Waals surface area (Å²) in [6.45, 7) is 4.37. The Bertz CT molecular complexity index is 635. The fourth-order valence-corrected chi connectivity index (χ4v) is 3.15. The summed E-state index contributed by atoms with van der Waals surface area (Å²) in [7, 11) is 1.71. The van der Waals surface area contributed by atoms with E-state index in [-0.39, 0.29) is 12.2 Å². The van der Waals surface area contributed by atoms with E-state index < -0.39 is 0 Å². The Hall–Kier alpha value is -1.17. The largest absolute Gasteiger partial charge is 0.382 e. The van der Waals surface area contributed by atoms with Gasteiger partial charge in [-0.25, -0.2) is 4.98 Å². The third kappa shape index (κ3) is 3.36. The van der Waals surface area contributed by atoms with Crippen molar-refractivity contribution < 1.29 is 9.47 Å². The van der Waals surface area contributed by atoms with Gasteiger partial charge in [0, 0.05) is 30.1 Å². The summed E-state index contributed by atoms with van der Waals surface area (Å²) in [5.74, 6) is 1.00. The number of rotatable bonds is 3. The van der Waals surface area contributed by atoms with Gasteiger partial charge in [-0.2, -0.15) is 0 Å². The Labute approximate surface area is 133 Å². The van der Waals surface area contributed by atoms with Crippen LogP contribution in [0.4, 0.5) is 5.82 Å². The standard InChI is InChI=1S/C16H19BrN2O2/c1-11-8-19(9-14(21-11)10-20-2)16-6-3-12-7-13(17)4-5-15(12)18-16/h3-7,11,14H,8-10H2,1-2H3. The summed E-state index contributed by atoms with van der Waals surface area (Å²) in [6, 6.07) is 10.3. The van der Waals surface area contributed by atoms with Gasteiger partial charge >= 0.3 is 0 Å². The van der Waals surface area contributed by atoms with Crippen molar-refractivity contribution in [1.82, 2.24) is 4.98 Å². The molecule has 2 aromatic rings. The summed E-state index contributed by atoms with van der Waals surface area (Å²) < 4.78 is 12.2. The molecule has 1 aliphatic rings. The first-order valence-corrected chi connectivity index (χ1v) is 7.90. The maximum Gasteiger partial charge on any atom is 0.129 e. The zero-order valence-electron chi connectivity index (χ0n) is 12.3. The molecule has 1 fully saturated rings. The number of pyridine rings is 1. The Morgan fingerprint density at radius 1 is 1.33 bits per heavy atom. The van der Waals surface area contributed by atoms with Crippen molar-refractivity contribution >= 4 is 32.7 Å². The molecule has 2 heterocycles. The average molecular weight is 351 g/mol. The van der Waals surface area contributed by atoms with Crippen LogP contribution in [-0.2, 0) is 9.47 Å². The molecular weight excluding hydrogens is 332 g/mol. The minimum Gasteiger partial charge on any atom is -0.382 e. The molecule has 0 aliphatic carbocycles. The van der Waals surface area contributed by atoms with Gasteiger partial charge in [-0.3, -0.25) is 0 Å². The molecule has 1 aromatic carbocycles. The molecule has 1 aromatic heterocycles. The van der Waals surface area contributed by atoms with Crippen LogP contribution in [0.1, 0.15) is 6.92 Å². The molecule has 21 heavy (non-hydrogen) atoms. The Balaban J connectivity index is 1.86. The summed E-state index contributed by atoms with van der Waals surface area (Å²) in [5.41, 5.74) is 1.01. The molecule has 1 saturated heterocycles. The number of methoxy groups -OCH3 is 1. The van der Waals surface area contributed by atoms with Crippen molar-refractivity contribution in [2.45, 2.75) is 19.1 Å². The van der Waals surface area contributed by atoms with Crippen molar-refractivity contribution in [3.63, 3.8) is 0 Å². The lowest BCUT2D eigenvalue weighted by Crippen LogP contribution is -2.48. The van der Waals surface area contributed by atoms with Gasteiger partial charge in [-0.15, -0.1) is 0 Å². The van der Waals surface area contributed by atoms with Crippen molar-refractivity contribution in [2.24, 2.45) is 0 Å². The Kier molecular flexibility index (Phi) is 4.42. The smallest absolute Gasteiger partial charge is 0.129 e. The van der Waals surface area contributed by atoms with Gasteiger partial charge in [-0.1, -0.05) is 15.9 Å². The van der Waals surface area contributed by atoms with E-state index in [9.17, 15) is 0 Å². The number of anilines is 1. The van der Waals surface area contributed by atoms with Crippen molar-refractivity contribution in [2.75, 3.05) is 31.7 Å². The predicted octanol–water partition coefficient (Wildman–Crippen LogP) is 3.24. The summed E-state index contributed by atoms with van der Waals surface area (Å²) in [6.07, 6.45) is 0.280. The second-order valence-electron chi connectivity index (χ2n) is 5.44. The lowest BCUT2D eigenvalue weighted by molar-refractivity contribution is -0.0512. The lowest BCUT2D eigenvalue weighted by atomic mass is 10.2. The lowest BCUT2D eigenvalue weighted by Gasteiger charge is -2.37. The molecule has 0 spiro atoms. The average Bonchev–Trinajstić information content (AvgIpc) is 2.46. The predicted molar refractivity (Wildman–Crippen MR) is 87.9 cm³/mol. The molecule has 1 aliphatic heterocycles. The summed E-state index contributed by atoms with van der Waals surface area (Å²) in [4.78, 5) is 7.05. The summed E-state index contributed by atoms with van der Waals surface area (Å²) in [5, 5.41) is 1.14. The zero-order valence-corrected chi connectivity index (χ0v) is 13.8. The molecule has 0 N–H and O–H groups in total. The maximum atomic E-state index is 5.88. The fraction of sp³-hybridized carbons (Fsp3) is 0.438. The summed E-state index contributed by atoms with van der Waals surface area (Å²) >= 11 is 3.49. The Morgan fingerprint density at radius 3 is 3.00 bits per heavy atom. The second-order valence-corrected chi connectivity index (χ2v) is 6.35. The van der Waals surface area contributed by atoms with E-state index in [0.717, 1.165) is 34.3 Å². The molecule has 0 saturated carbocycles. The molecule has 0 amide bonds. The third-order valence-corrected chi connectivity index (χ3v) is 4.13. The quantitative estimate of drug-likeness (QED) is 0.850. The zero-order chi connectivity index (χ0) is 14.8. The van der Waals surface area contributed by atoms with Crippen LogP contribution in [-0.4, -0.2) is 44.0 Å². The molecular formula is C16H19BrN2O2. The van der Waals surface area contributed by atoms with Gasteiger partial charge in [0.2, 0.25) is 0 Å². The van der Waals surface area contributed by atoms with Gasteiger partial charge in [0.05, 0.1) is 24.3 Å². The van der Waals surface area contributed by atoms with Crippen LogP contribution in [0.2, 0.25) is 0 Å². The van der Waals surface area contributed by atoms with E-state index >= 15 is 0 Å². The van der Waals surface area contributed by atoms with Crippen LogP contribution in [0.25, 0.3) is 10.9 Å². The molecule has 2 atom stereocenters. The number of morpholine rings is 1. The Morgan fingerprint density at radius 2 is 2.19 bits per heavy atom. The normalized spacial score (nSPS) is 22.7. The van der Waals surface area contributed by atoms with Crippen molar-refractivity contribution in [3.05, 3.63) is 34.8 Å². The van der Waals surface area contributed by atoms with E-state index in [0.29, 0.717) is 6.61 Å². The van der Waals surface area contributed by atoms with E-state index in [1.165, 1.54) is 0 Å². The van der Waals surface area contributed by atoms with Gasteiger partial charge < -0.3 is 14.4 Å². The van der Waals surface area contributed by atoms with E-state index in [4.69, 9.17) is 14.5 Å². The molecule has 0 radical (unpaired) electrons. The minimum atomic E-state index is 0.0983. The van der Waals surface area contributed by atoms with Crippen LogP contribution >= 0.6 is 15.9 Å². The van der Waals surface area contributed by atoms with E-state index in [1.54, 1.807) is 7.11 Å². The molecule has 5 heteroatoms. The first-order chi connectivity index (χ1) is 10.2. The number of fused-ring (bicyclic) bond motifs is 1. The topological polar surface area (TPSA) is 34.6 Å². The monoisotopic (exact) mass is 350 g/mol. The van der Waals surface area contributed by atoms with Crippen LogP contribution in [0.3, 0.4) is 0 Å². The van der Waals surface area contributed by atoms with Gasteiger partial charge in [0.25, 0.3) is 0 Å². The van der Waals surface area contributed by atoms with E-state index in [1.807, 2.05) is 12.1 Å². The second kappa shape index (κ2) is 6.30. The molecule has 2 unspecified atom stereocenters. The van der Waals surface area contributed by atoms with Crippen LogP contribution in [0, 0.1) is 0 Å². The molecule has 4 nitrogen and oxygen atoms in total. The first kappa shape index (κ1) is 14.8. The number of hydrogen-bond acceptors (Lipinski definition) is 4. The highest BCUT2D eigenvalue weighted by molar-refractivity contribution is 9.10. The van der Waals surface area contributed by atoms with Crippen LogP contribution < -0.4 is 4.90 Å². The van der Waals surface area contributed by atoms with Gasteiger partial charge in [0.1, 0.15) is 5.82 Å². The third-order valence-electron chi connectivity index (χ3n) is 3.64. The SMILES string of the molecule is COCC1CN(c2ccc3cc(Br)ccc3n2)CC(C)O1. The van der Waals surface area contributed by atoms with Gasteiger partial charge in [-0.05, 0) is 37.3 Å². The van der Waals surface area contributed by atoms with Gasteiger partial charge in [0.15, 0.2) is 0 Å². The van der Waals surface area contributed by atoms with Crippen LogP contribution in [0.5, 0.6) is 0 Å². The first-order valence-electron chi connectivity index (χ1n) is 7.11. The number of benzene rings is 1. The maximum absolute atomic E-state index is 5.88. The minimum absolute atomic E-state index is 0.0983. The fourth-order valence-electron chi connectivity index (χ4n) is 2.77.